The summed E-state index contributed by atoms with van der Waals surface area (Å²) in [6.45, 7) is 0. The van der Waals surface area contributed by atoms with Crippen LogP contribution in [-0.4, -0.2) is 14.8 Å². The van der Waals surface area contributed by atoms with E-state index in [1.807, 2.05) is 10.7 Å². The third kappa shape index (κ3) is 1.46. The van der Waals surface area contributed by atoms with Crippen LogP contribution in [0.3, 0.4) is 0 Å². The first-order valence-corrected chi connectivity index (χ1v) is 5.60. The van der Waals surface area contributed by atoms with E-state index in [9.17, 15) is 0 Å². The lowest BCUT2D eigenvalue weighted by Crippen LogP contribution is -2.20. The summed E-state index contributed by atoms with van der Waals surface area (Å²) in [5.74, 6) is 1.40. The van der Waals surface area contributed by atoms with Gasteiger partial charge in [0, 0.05) is 6.42 Å². The van der Waals surface area contributed by atoms with Crippen molar-refractivity contribution in [1.82, 2.24) is 14.8 Å². The summed E-state index contributed by atoms with van der Waals surface area (Å²) in [6.07, 6.45) is 3.24. The van der Waals surface area contributed by atoms with Gasteiger partial charge in [-0.15, -0.1) is 5.10 Å². The summed E-state index contributed by atoms with van der Waals surface area (Å²) in [6, 6.07) is 10.7. The summed E-state index contributed by atoms with van der Waals surface area (Å²) in [5.41, 5.74) is 6.94. The lowest BCUT2D eigenvalue weighted by Gasteiger charge is -2.23. The van der Waals surface area contributed by atoms with E-state index < -0.39 is 0 Å². The predicted molar refractivity (Wildman–Crippen MR) is 62.0 cm³/mol. The second kappa shape index (κ2) is 3.63. The average Bonchev–Trinajstić information content (AvgIpc) is 2.70. The van der Waals surface area contributed by atoms with Gasteiger partial charge in [0.25, 0.3) is 0 Å². The predicted octanol–water partition coefficient (Wildman–Crippen LogP) is 1.79. The van der Waals surface area contributed by atoms with E-state index in [4.69, 9.17) is 5.73 Å². The third-order valence-corrected chi connectivity index (χ3v) is 3.08. The number of hydrogen-bond donors (Lipinski definition) is 1. The molecular formula is C12H14N4. The fraction of sp³-hybridized carbons (Fsp3) is 0.333. The Morgan fingerprint density at radius 1 is 1.25 bits per heavy atom. The molecule has 16 heavy (non-hydrogen) atoms. The van der Waals surface area contributed by atoms with Crippen molar-refractivity contribution in [3.05, 3.63) is 41.7 Å². The highest BCUT2D eigenvalue weighted by Crippen LogP contribution is 2.29. The molecule has 0 aliphatic carbocycles. The Morgan fingerprint density at radius 2 is 2.06 bits per heavy atom. The van der Waals surface area contributed by atoms with Gasteiger partial charge in [-0.2, -0.15) is 4.98 Å². The van der Waals surface area contributed by atoms with Crippen molar-refractivity contribution in [3.8, 4) is 0 Å². The molecule has 1 aromatic carbocycles. The molecule has 1 unspecified atom stereocenters. The summed E-state index contributed by atoms with van der Waals surface area (Å²) < 4.78 is 1.98. The fourth-order valence-corrected chi connectivity index (χ4v) is 2.35. The van der Waals surface area contributed by atoms with Crippen LogP contribution in [0.15, 0.2) is 30.3 Å². The highest BCUT2D eigenvalue weighted by molar-refractivity contribution is 5.23. The first-order chi connectivity index (χ1) is 7.84. The van der Waals surface area contributed by atoms with Gasteiger partial charge < -0.3 is 5.73 Å². The van der Waals surface area contributed by atoms with Gasteiger partial charge in [-0.25, -0.2) is 4.68 Å². The molecule has 82 valence electrons. The maximum absolute atomic E-state index is 5.66. The number of nitrogen functional groups attached to an aromatic ring is 1. The number of hydrogen-bond acceptors (Lipinski definition) is 3. The van der Waals surface area contributed by atoms with Crippen molar-refractivity contribution >= 4 is 5.95 Å². The molecule has 0 fully saturated rings. The molecule has 3 rings (SSSR count). The van der Waals surface area contributed by atoms with Crippen LogP contribution in [-0.2, 0) is 6.42 Å². The molecule has 0 amide bonds. The van der Waals surface area contributed by atoms with Gasteiger partial charge in [-0.1, -0.05) is 30.3 Å². The van der Waals surface area contributed by atoms with Crippen LogP contribution in [0.2, 0.25) is 0 Å². The minimum atomic E-state index is 0.301. The highest BCUT2D eigenvalue weighted by Gasteiger charge is 2.23. The minimum absolute atomic E-state index is 0.301. The van der Waals surface area contributed by atoms with Gasteiger partial charge in [0.15, 0.2) is 0 Å². The Kier molecular flexibility index (Phi) is 2.13. The summed E-state index contributed by atoms with van der Waals surface area (Å²) in [5, 5.41) is 4.29. The molecule has 0 saturated heterocycles. The van der Waals surface area contributed by atoms with Crippen molar-refractivity contribution in [2.24, 2.45) is 0 Å². The zero-order valence-corrected chi connectivity index (χ0v) is 9.00. The van der Waals surface area contributed by atoms with Crippen LogP contribution in [0.5, 0.6) is 0 Å². The Hall–Kier alpha value is -1.84. The largest absolute Gasteiger partial charge is 0.366 e. The van der Waals surface area contributed by atoms with Crippen LogP contribution in [0, 0.1) is 0 Å². The van der Waals surface area contributed by atoms with E-state index in [-0.39, 0.29) is 0 Å². The summed E-state index contributed by atoms with van der Waals surface area (Å²) in [7, 11) is 0. The van der Waals surface area contributed by atoms with Crippen molar-refractivity contribution < 1.29 is 0 Å². The van der Waals surface area contributed by atoms with E-state index >= 15 is 0 Å². The maximum atomic E-state index is 5.66. The van der Waals surface area contributed by atoms with Crippen molar-refractivity contribution in [1.29, 1.82) is 0 Å². The molecule has 0 saturated carbocycles. The monoisotopic (exact) mass is 214 g/mol. The molecule has 2 heterocycles. The molecule has 1 aliphatic rings. The number of aryl methyl sites for hydroxylation is 1. The van der Waals surface area contributed by atoms with Crippen LogP contribution in [0.1, 0.15) is 30.3 Å². The Morgan fingerprint density at radius 3 is 2.88 bits per heavy atom. The molecule has 0 spiro atoms. The molecule has 1 aromatic heterocycles. The number of nitrogens with two attached hydrogens (primary N) is 1. The van der Waals surface area contributed by atoms with E-state index in [1.54, 1.807) is 0 Å². The maximum Gasteiger partial charge on any atom is 0.239 e. The molecule has 1 atom stereocenters. The van der Waals surface area contributed by atoms with Crippen molar-refractivity contribution in [2.45, 2.75) is 25.3 Å². The SMILES string of the molecule is Nc1nc2n(n1)C(c1ccccc1)CCC2. The normalized spacial score (nSPS) is 19.4. The van der Waals surface area contributed by atoms with E-state index in [2.05, 4.69) is 34.3 Å². The Bertz CT molecular complexity index is 489. The van der Waals surface area contributed by atoms with E-state index in [1.165, 1.54) is 5.56 Å². The first-order valence-electron chi connectivity index (χ1n) is 5.60. The van der Waals surface area contributed by atoms with Crippen LogP contribution >= 0.6 is 0 Å². The third-order valence-electron chi connectivity index (χ3n) is 3.08. The van der Waals surface area contributed by atoms with Gasteiger partial charge in [-0.3, -0.25) is 0 Å². The fourth-order valence-electron chi connectivity index (χ4n) is 2.35. The minimum Gasteiger partial charge on any atom is -0.366 e. The first kappa shape index (κ1) is 9.39. The van der Waals surface area contributed by atoms with Crippen molar-refractivity contribution in [2.75, 3.05) is 5.73 Å². The van der Waals surface area contributed by atoms with Gasteiger partial charge >= 0.3 is 0 Å². The zero-order chi connectivity index (χ0) is 11.0. The lowest BCUT2D eigenvalue weighted by molar-refractivity contribution is 0.413. The van der Waals surface area contributed by atoms with Gasteiger partial charge in [0.1, 0.15) is 5.82 Å². The molecule has 2 aromatic rings. The standard InChI is InChI=1S/C12H14N4/c13-12-14-11-8-4-7-10(16(11)15-12)9-5-2-1-3-6-9/h1-3,5-6,10H,4,7-8H2,(H2,13,15). The molecule has 2 N–H and O–H groups in total. The van der Waals surface area contributed by atoms with Crippen LogP contribution in [0.4, 0.5) is 5.95 Å². The molecule has 0 radical (unpaired) electrons. The second-order valence-electron chi connectivity index (χ2n) is 4.15. The molecular weight excluding hydrogens is 200 g/mol. The van der Waals surface area contributed by atoms with Crippen LogP contribution in [0.25, 0.3) is 0 Å². The summed E-state index contributed by atoms with van der Waals surface area (Å²) >= 11 is 0. The molecule has 4 nitrogen and oxygen atoms in total. The number of benzene rings is 1. The highest BCUT2D eigenvalue weighted by atomic mass is 15.4. The topological polar surface area (TPSA) is 56.7 Å². The number of anilines is 1. The molecule has 4 heteroatoms. The van der Waals surface area contributed by atoms with Gasteiger partial charge in [-0.05, 0) is 18.4 Å². The Balaban J connectivity index is 2.05. The lowest BCUT2D eigenvalue weighted by atomic mass is 9.98. The quantitative estimate of drug-likeness (QED) is 0.787. The van der Waals surface area contributed by atoms with Crippen molar-refractivity contribution in [3.63, 3.8) is 0 Å². The van der Waals surface area contributed by atoms with Crippen LogP contribution < -0.4 is 5.73 Å². The van der Waals surface area contributed by atoms with Gasteiger partial charge in [0.05, 0.1) is 6.04 Å². The van der Waals surface area contributed by atoms with E-state index in [0.29, 0.717) is 12.0 Å². The summed E-state index contributed by atoms with van der Waals surface area (Å²) in [4.78, 5) is 4.26. The average molecular weight is 214 g/mol. The number of fused-ring (bicyclic) bond motifs is 1. The number of nitrogens with zero attached hydrogens (tertiary/aromatic N) is 3. The number of rotatable bonds is 1. The Labute approximate surface area is 94.1 Å². The molecule has 1 aliphatic heterocycles. The van der Waals surface area contributed by atoms with Gasteiger partial charge in [0.2, 0.25) is 5.95 Å². The smallest absolute Gasteiger partial charge is 0.239 e. The molecule has 0 bridgehead atoms. The van der Waals surface area contributed by atoms with E-state index in [0.717, 1.165) is 25.1 Å². The number of aromatic nitrogens is 3. The second-order valence-corrected chi connectivity index (χ2v) is 4.15. The zero-order valence-electron chi connectivity index (χ0n) is 9.00.